The Labute approximate surface area is 90.5 Å². The summed E-state index contributed by atoms with van der Waals surface area (Å²) in [6.07, 6.45) is 5.91. The van der Waals surface area contributed by atoms with Crippen molar-refractivity contribution in [3.63, 3.8) is 0 Å². The van der Waals surface area contributed by atoms with E-state index in [2.05, 4.69) is 43.3 Å². The average Bonchev–Trinajstić information content (AvgIpc) is 2.53. The van der Waals surface area contributed by atoms with Crippen LogP contribution in [0.3, 0.4) is 0 Å². The van der Waals surface area contributed by atoms with Crippen LogP contribution in [0.1, 0.15) is 39.5 Å². The minimum atomic E-state index is 0.563. The summed E-state index contributed by atoms with van der Waals surface area (Å²) < 4.78 is 0. The van der Waals surface area contributed by atoms with Crippen LogP contribution in [0, 0.1) is 5.41 Å². The van der Waals surface area contributed by atoms with Gasteiger partial charge in [-0.05, 0) is 0 Å². The van der Waals surface area contributed by atoms with Gasteiger partial charge in [0.1, 0.15) is 0 Å². The third-order valence-electron chi connectivity index (χ3n) is 2.97. The molecule has 0 aromatic heterocycles. The van der Waals surface area contributed by atoms with Gasteiger partial charge in [0.05, 0.1) is 0 Å². The first-order valence-corrected chi connectivity index (χ1v) is 6.30. The standard InChI is InChI=1S/C10H19S.Li/c1-10(2,3)8-11-9-6-4-5-7-9;/h9H,1,4-8H2,2-3H3;. The van der Waals surface area contributed by atoms with Crippen LogP contribution < -0.4 is 0 Å². The molecule has 0 unspecified atom stereocenters. The van der Waals surface area contributed by atoms with Gasteiger partial charge in [0, 0.05) is 0 Å². The van der Waals surface area contributed by atoms with Crippen LogP contribution in [0.2, 0.25) is 5.09 Å². The molecule has 0 spiro atoms. The fraction of sp³-hybridized carbons (Fsp3) is 1.00. The third kappa shape index (κ3) is 3.77. The molecule has 1 fully saturated rings. The van der Waals surface area contributed by atoms with Crippen molar-refractivity contribution in [2.45, 2.75) is 49.9 Å². The Balaban J connectivity index is 2.15. The predicted octanol–water partition coefficient (Wildman–Crippen LogP) is 3.28. The van der Waals surface area contributed by atoms with Crippen LogP contribution in [0.25, 0.3) is 0 Å². The summed E-state index contributed by atoms with van der Waals surface area (Å²) in [6, 6.07) is 0. The van der Waals surface area contributed by atoms with Crippen molar-refractivity contribution in [3.05, 3.63) is 0 Å². The molecule has 0 aromatic carbocycles. The van der Waals surface area contributed by atoms with E-state index in [9.17, 15) is 0 Å². The SMILES string of the molecule is [Li][CH2]C(C)(C)CSC1CCCC1. The predicted molar refractivity (Wildman–Crippen MR) is 59.1 cm³/mol. The fourth-order valence-electron chi connectivity index (χ4n) is 1.50. The van der Waals surface area contributed by atoms with E-state index in [1.54, 1.807) is 0 Å². The van der Waals surface area contributed by atoms with E-state index < -0.39 is 0 Å². The zero-order valence-corrected chi connectivity index (χ0v) is 9.54. The molecule has 0 nitrogen and oxygen atoms in total. The van der Waals surface area contributed by atoms with Gasteiger partial charge in [-0.1, -0.05) is 0 Å². The fourth-order valence-corrected chi connectivity index (χ4v) is 3.06. The molecule has 12 heavy (non-hydrogen) atoms. The van der Waals surface area contributed by atoms with E-state index in [1.807, 2.05) is 0 Å². The van der Waals surface area contributed by atoms with Gasteiger partial charge in [0.15, 0.2) is 0 Å². The molecule has 1 rings (SSSR count). The monoisotopic (exact) mass is 178 g/mol. The van der Waals surface area contributed by atoms with Crippen LogP contribution in [0.4, 0.5) is 0 Å². The van der Waals surface area contributed by atoms with E-state index in [-0.39, 0.29) is 0 Å². The van der Waals surface area contributed by atoms with Gasteiger partial charge in [-0.25, -0.2) is 0 Å². The first-order valence-electron chi connectivity index (χ1n) is 5.26. The average molecular weight is 178 g/mol. The summed E-state index contributed by atoms with van der Waals surface area (Å²) in [6.45, 7) is 4.77. The molecule has 1 aliphatic rings. The normalized spacial score (nSPS) is 20.3. The van der Waals surface area contributed by atoms with Crippen LogP contribution in [-0.2, 0) is 0 Å². The molecule has 0 N–H and O–H groups in total. The van der Waals surface area contributed by atoms with Crippen molar-refractivity contribution in [2.75, 3.05) is 5.75 Å². The van der Waals surface area contributed by atoms with Crippen molar-refractivity contribution in [1.82, 2.24) is 0 Å². The maximum atomic E-state index is 2.38. The van der Waals surface area contributed by atoms with Gasteiger partial charge in [0.2, 0.25) is 0 Å². The van der Waals surface area contributed by atoms with Crippen LogP contribution >= 0.6 is 11.8 Å². The molecule has 0 atom stereocenters. The van der Waals surface area contributed by atoms with Crippen molar-refractivity contribution in [2.24, 2.45) is 5.41 Å². The Morgan fingerprint density at radius 2 is 1.92 bits per heavy atom. The second-order valence-electron chi connectivity index (χ2n) is 4.74. The van der Waals surface area contributed by atoms with Gasteiger partial charge in [0.25, 0.3) is 0 Å². The molecule has 0 radical (unpaired) electrons. The molecule has 0 aromatic rings. The van der Waals surface area contributed by atoms with E-state index in [0.29, 0.717) is 5.41 Å². The van der Waals surface area contributed by atoms with E-state index in [0.717, 1.165) is 5.25 Å². The van der Waals surface area contributed by atoms with Gasteiger partial charge >= 0.3 is 90.5 Å². The summed E-state index contributed by atoms with van der Waals surface area (Å²) in [7, 11) is 0. The number of hydrogen-bond acceptors (Lipinski definition) is 1. The molecule has 0 saturated heterocycles. The van der Waals surface area contributed by atoms with Gasteiger partial charge in [-0.2, -0.15) is 0 Å². The molecule has 1 saturated carbocycles. The van der Waals surface area contributed by atoms with E-state index >= 15 is 0 Å². The van der Waals surface area contributed by atoms with Crippen LogP contribution in [0.5, 0.6) is 0 Å². The molecule has 66 valence electrons. The van der Waals surface area contributed by atoms with E-state index in [4.69, 9.17) is 0 Å². The van der Waals surface area contributed by atoms with Gasteiger partial charge in [-0.15, -0.1) is 0 Å². The first kappa shape index (κ1) is 11.0. The Morgan fingerprint density at radius 1 is 1.33 bits per heavy atom. The molecular weight excluding hydrogens is 159 g/mol. The first-order chi connectivity index (χ1) is 5.64. The third-order valence-corrected chi connectivity index (χ3v) is 4.86. The maximum absolute atomic E-state index is 2.38. The second kappa shape index (κ2) is 4.99. The summed E-state index contributed by atoms with van der Waals surface area (Å²) in [5, 5.41) is 2.31. The van der Waals surface area contributed by atoms with Crippen LogP contribution in [-0.4, -0.2) is 28.7 Å². The van der Waals surface area contributed by atoms with Gasteiger partial charge in [-0.3, -0.25) is 0 Å². The van der Waals surface area contributed by atoms with Crippen molar-refractivity contribution in [1.29, 1.82) is 0 Å². The molecule has 0 heterocycles. The van der Waals surface area contributed by atoms with Crippen molar-refractivity contribution in [3.8, 4) is 0 Å². The minimum absolute atomic E-state index is 0.563. The molecule has 2 heteroatoms. The summed E-state index contributed by atoms with van der Waals surface area (Å²) in [4.78, 5) is 0. The molecule has 0 amide bonds. The zero-order valence-electron chi connectivity index (χ0n) is 8.73. The second-order valence-corrected chi connectivity index (χ2v) is 6.02. The quantitative estimate of drug-likeness (QED) is 0.595. The van der Waals surface area contributed by atoms with Crippen molar-refractivity contribution < 1.29 is 0 Å². The topological polar surface area (TPSA) is 0 Å². The Kier molecular flexibility index (Phi) is 4.58. The van der Waals surface area contributed by atoms with Gasteiger partial charge < -0.3 is 0 Å². The number of rotatable bonds is 4. The summed E-state index contributed by atoms with van der Waals surface area (Å²) in [5.74, 6) is 1.36. The Hall–Kier alpha value is 0.947. The molecule has 0 aliphatic heterocycles. The van der Waals surface area contributed by atoms with Crippen molar-refractivity contribution >= 4 is 29.5 Å². The molecule has 1 aliphatic carbocycles. The molecule has 0 bridgehead atoms. The molecular formula is C10H19LiS. The number of hydrogen-bond donors (Lipinski definition) is 0. The summed E-state index contributed by atoms with van der Waals surface area (Å²) in [5.41, 5.74) is 0.563. The van der Waals surface area contributed by atoms with Crippen LogP contribution in [0.15, 0.2) is 0 Å². The Bertz CT molecular complexity index is 128. The summed E-state index contributed by atoms with van der Waals surface area (Å²) >= 11 is 4.52. The number of thioether (sulfide) groups is 1. The Morgan fingerprint density at radius 3 is 2.42 bits per heavy atom. The van der Waals surface area contributed by atoms with E-state index in [1.165, 1.54) is 36.5 Å². The zero-order chi connectivity index (χ0) is 9.03.